The van der Waals surface area contributed by atoms with Crippen LogP contribution >= 0.6 is 15.9 Å². The number of fused-ring (bicyclic) bond motifs is 1. The maximum atomic E-state index is 12.6. The zero-order chi connectivity index (χ0) is 27.0. The van der Waals surface area contributed by atoms with Gasteiger partial charge in [0, 0.05) is 59.3 Å². The van der Waals surface area contributed by atoms with Gasteiger partial charge in [-0.15, -0.1) is 0 Å². The molecule has 2 aliphatic heterocycles. The Morgan fingerprint density at radius 1 is 1.03 bits per heavy atom. The Labute approximate surface area is 229 Å². The lowest BCUT2D eigenvalue weighted by atomic mass is 10.1. The van der Waals surface area contributed by atoms with Crippen LogP contribution in [-0.4, -0.2) is 70.0 Å². The molecular weight excluding hydrogens is 550 g/mol. The van der Waals surface area contributed by atoms with Crippen molar-refractivity contribution in [2.45, 2.75) is 26.6 Å². The average Bonchev–Trinajstić information content (AvgIpc) is 3.10. The number of ether oxygens (including phenoxy) is 1. The van der Waals surface area contributed by atoms with Crippen molar-refractivity contribution < 1.29 is 19.4 Å². The maximum absolute atomic E-state index is 12.6. The number of imide groups is 1. The van der Waals surface area contributed by atoms with Crippen molar-refractivity contribution in [3.8, 4) is 5.75 Å². The maximum Gasteiger partial charge on any atom is 0.275 e. The zero-order valence-corrected chi connectivity index (χ0v) is 23.2. The molecule has 2 N–H and O–H groups in total. The van der Waals surface area contributed by atoms with Gasteiger partial charge in [0.15, 0.2) is 0 Å². The first-order chi connectivity index (χ1) is 18.3. The number of benzene rings is 2. The molecule has 9 nitrogen and oxygen atoms in total. The first kappa shape index (κ1) is 26.3. The van der Waals surface area contributed by atoms with Crippen molar-refractivity contribution in [2.75, 3.05) is 38.7 Å². The third-order valence-electron chi connectivity index (χ3n) is 7.26. The van der Waals surface area contributed by atoms with E-state index >= 15 is 0 Å². The molecule has 38 heavy (non-hydrogen) atoms. The molecule has 2 amide bonds. The number of pyridine rings is 1. The van der Waals surface area contributed by atoms with Crippen molar-refractivity contribution in [3.05, 3.63) is 75.3 Å². The van der Waals surface area contributed by atoms with Crippen LogP contribution in [-0.2, 0) is 16.1 Å². The fourth-order valence-electron chi connectivity index (χ4n) is 4.91. The standard InChI is InChI=1S/C28H30BrN5O4/c1-17-18(2)27(36)34(26(17)35)31-25-14-19(21-9-8-20(29)15-23(21)30-25)16-32-10-12-33(13-11-32)28(37)22-6-4-5-7-24(22)38-3/h4-9,14-15,28,37H,10-13,16H2,1-3H3,(H,30,31). The number of aliphatic hydroxyl groups excluding tert-OH is 1. The molecule has 0 radical (unpaired) electrons. The molecule has 1 unspecified atom stereocenters. The lowest BCUT2D eigenvalue weighted by Crippen LogP contribution is -2.47. The Hall–Kier alpha value is -3.31. The van der Waals surface area contributed by atoms with Crippen molar-refractivity contribution in [2.24, 2.45) is 0 Å². The molecule has 3 aromatic rings. The smallest absolute Gasteiger partial charge is 0.275 e. The second kappa shape index (κ2) is 10.8. The number of hydrogen-bond acceptors (Lipinski definition) is 8. The summed E-state index contributed by atoms with van der Waals surface area (Å²) in [4.78, 5) is 34.2. The van der Waals surface area contributed by atoms with Crippen LogP contribution in [0.1, 0.15) is 31.2 Å². The fourth-order valence-corrected chi connectivity index (χ4v) is 5.26. The number of methoxy groups -OCH3 is 1. The van der Waals surface area contributed by atoms with E-state index in [2.05, 4.69) is 31.2 Å². The van der Waals surface area contributed by atoms with Crippen LogP contribution in [0.25, 0.3) is 10.9 Å². The number of rotatable bonds is 7. The number of piperazine rings is 1. The van der Waals surface area contributed by atoms with Crippen LogP contribution in [0.2, 0.25) is 0 Å². The molecule has 1 atom stereocenters. The Kier molecular flexibility index (Phi) is 7.49. The SMILES string of the molecule is COc1ccccc1C(O)N1CCN(Cc2cc(NN3C(=O)C(C)=C(C)C3=O)nc3cc(Br)ccc23)CC1. The predicted molar refractivity (Wildman–Crippen MR) is 148 cm³/mol. The van der Waals surface area contributed by atoms with Gasteiger partial charge in [-0.2, -0.15) is 5.01 Å². The number of hydrogen-bond donors (Lipinski definition) is 2. The number of para-hydroxylation sites is 1. The van der Waals surface area contributed by atoms with E-state index in [1.54, 1.807) is 21.0 Å². The summed E-state index contributed by atoms with van der Waals surface area (Å²) in [5.41, 5.74) is 6.34. The van der Waals surface area contributed by atoms with Gasteiger partial charge in [0.25, 0.3) is 11.8 Å². The number of halogens is 1. The van der Waals surface area contributed by atoms with Gasteiger partial charge in [0.2, 0.25) is 0 Å². The second-order valence-corrected chi connectivity index (χ2v) is 10.5. The molecule has 3 heterocycles. The monoisotopic (exact) mass is 579 g/mol. The molecule has 10 heteroatoms. The van der Waals surface area contributed by atoms with Gasteiger partial charge in [-0.1, -0.05) is 40.2 Å². The molecule has 1 saturated heterocycles. The van der Waals surface area contributed by atoms with E-state index in [4.69, 9.17) is 4.74 Å². The highest BCUT2D eigenvalue weighted by atomic mass is 79.9. The Morgan fingerprint density at radius 3 is 2.39 bits per heavy atom. The highest BCUT2D eigenvalue weighted by Crippen LogP contribution is 2.30. The van der Waals surface area contributed by atoms with E-state index in [0.29, 0.717) is 42.3 Å². The van der Waals surface area contributed by atoms with Crippen LogP contribution < -0.4 is 10.2 Å². The lowest BCUT2D eigenvalue weighted by Gasteiger charge is -2.37. The number of aromatic nitrogens is 1. The summed E-state index contributed by atoms with van der Waals surface area (Å²) in [5.74, 6) is 0.372. The molecular formula is C28H30BrN5O4. The molecule has 1 fully saturated rings. The van der Waals surface area contributed by atoms with Crippen molar-refractivity contribution >= 4 is 44.5 Å². The molecule has 0 aliphatic carbocycles. The predicted octanol–water partition coefficient (Wildman–Crippen LogP) is 3.85. The molecule has 0 spiro atoms. The molecule has 0 saturated carbocycles. The first-order valence-corrected chi connectivity index (χ1v) is 13.3. The summed E-state index contributed by atoms with van der Waals surface area (Å²) in [6.07, 6.45) is -0.737. The van der Waals surface area contributed by atoms with Crippen LogP contribution in [0.15, 0.2) is 64.1 Å². The number of carbonyl (C=O) groups is 2. The fraction of sp³-hybridized carbons (Fsp3) is 0.321. The summed E-state index contributed by atoms with van der Waals surface area (Å²) in [6.45, 7) is 6.88. The molecule has 198 valence electrons. The van der Waals surface area contributed by atoms with Crippen LogP contribution in [0.4, 0.5) is 5.82 Å². The van der Waals surface area contributed by atoms with Gasteiger partial charge in [0.1, 0.15) is 17.8 Å². The highest BCUT2D eigenvalue weighted by Gasteiger charge is 2.34. The molecule has 1 aromatic heterocycles. The Morgan fingerprint density at radius 2 is 1.71 bits per heavy atom. The molecule has 2 aromatic carbocycles. The summed E-state index contributed by atoms with van der Waals surface area (Å²) < 4.78 is 6.32. The summed E-state index contributed by atoms with van der Waals surface area (Å²) in [7, 11) is 1.61. The highest BCUT2D eigenvalue weighted by molar-refractivity contribution is 9.10. The van der Waals surface area contributed by atoms with Crippen molar-refractivity contribution in [3.63, 3.8) is 0 Å². The molecule has 5 rings (SSSR count). The van der Waals surface area contributed by atoms with Crippen molar-refractivity contribution in [1.82, 2.24) is 19.8 Å². The number of hydrazine groups is 1. The lowest BCUT2D eigenvalue weighted by molar-refractivity contribution is -0.135. The zero-order valence-electron chi connectivity index (χ0n) is 21.6. The third-order valence-corrected chi connectivity index (χ3v) is 7.75. The molecule has 0 bridgehead atoms. The van der Waals surface area contributed by atoms with E-state index in [-0.39, 0.29) is 11.8 Å². The topological polar surface area (TPSA) is 98.2 Å². The minimum Gasteiger partial charge on any atom is -0.496 e. The number of nitrogens with one attached hydrogen (secondary N) is 1. The largest absolute Gasteiger partial charge is 0.496 e. The third kappa shape index (κ3) is 5.04. The van der Waals surface area contributed by atoms with E-state index in [1.165, 1.54) is 0 Å². The van der Waals surface area contributed by atoms with Gasteiger partial charge >= 0.3 is 0 Å². The van der Waals surface area contributed by atoms with Gasteiger partial charge < -0.3 is 9.84 Å². The minimum absolute atomic E-state index is 0.366. The Balaban J connectivity index is 1.33. The summed E-state index contributed by atoms with van der Waals surface area (Å²) in [5, 5.41) is 13.0. The van der Waals surface area contributed by atoms with E-state index in [1.807, 2.05) is 53.4 Å². The number of nitrogens with zero attached hydrogens (tertiary/aromatic N) is 4. The number of anilines is 1. The minimum atomic E-state index is -0.737. The number of amides is 2. The number of carbonyl (C=O) groups excluding carboxylic acids is 2. The van der Waals surface area contributed by atoms with Crippen molar-refractivity contribution in [1.29, 1.82) is 0 Å². The second-order valence-electron chi connectivity index (χ2n) is 9.56. The average molecular weight is 580 g/mol. The van der Waals surface area contributed by atoms with E-state index < -0.39 is 6.23 Å². The van der Waals surface area contributed by atoms with E-state index in [0.717, 1.165) is 44.6 Å². The van der Waals surface area contributed by atoms with Crippen LogP contribution in [0.3, 0.4) is 0 Å². The molecule has 2 aliphatic rings. The van der Waals surface area contributed by atoms with Gasteiger partial charge in [-0.25, -0.2) is 4.98 Å². The van der Waals surface area contributed by atoms with E-state index in [9.17, 15) is 14.7 Å². The summed E-state index contributed by atoms with van der Waals surface area (Å²) in [6, 6.07) is 15.4. The Bertz CT molecular complexity index is 1410. The van der Waals surface area contributed by atoms with Crippen LogP contribution in [0.5, 0.6) is 5.75 Å². The summed E-state index contributed by atoms with van der Waals surface area (Å²) >= 11 is 3.52. The quantitative estimate of drug-likeness (QED) is 0.407. The van der Waals surface area contributed by atoms with Gasteiger partial charge in [0.05, 0.1) is 12.6 Å². The normalized spacial score (nSPS) is 18.0. The first-order valence-electron chi connectivity index (χ1n) is 12.5. The van der Waals surface area contributed by atoms with Crippen LogP contribution in [0, 0.1) is 0 Å². The van der Waals surface area contributed by atoms with Gasteiger partial charge in [-0.05, 0) is 43.7 Å². The number of aliphatic hydroxyl groups is 1. The van der Waals surface area contributed by atoms with Gasteiger partial charge in [-0.3, -0.25) is 24.8 Å².